The van der Waals surface area contributed by atoms with E-state index in [0.717, 1.165) is 25.7 Å². The van der Waals surface area contributed by atoms with Gasteiger partial charge in [0, 0.05) is 5.92 Å². The molecule has 3 unspecified atom stereocenters. The van der Waals surface area contributed by atoms with Gasteiger partial charge in [-0.05, 0) is 34.0 Å². The molecule has 0 heterocycles. The lowest BCUT2D eigenvalue weighted by Gasteiger charge is -2.54. The van der Waals surface area contributed by atoms with Crippen LogP contribution in [-0.2, 0) is 14.3 Å². The van der Waals surface area contributed by atoms with Gasteiger partial charge in [-0.3, -0.25) is 9.59 Å². The summed E-state index contributed by atoms with van der Waals surface area (Å²) >= 11 is 0. The van der Waals surface area contributed by atoms with Gasteiger partial charge in [-0.25, -0.2) is 0 Å². The van der Waals surface area contributed by atoms with Crippen molar-refractivity contribution < 1.29 is 14.3 Å². The molecular formula is C25H49NO3. The molecule has 0 aliphatic carbocycles. The number of methoxy groups -OCH3 is 1. The summed E-state index contributed by atoms with van der Waals surface area (Å²) in [6.07, 6.45) is 3.65. The molecule has 2 N–H and O–H groups in total. The second kappa shape index (κ2) is 9.83. The maximum atomic E-state index is 12.8. The van der Waals surface area contributed by atoms with Gasteiger partial charge in [0.2, 0.25) is 5.91 Å². The van der Waals surface area contributed by atoms with Crippen LogP contribution in [0.4, 0.5) is 0 Å². The van der Waals surface area contributed by atoms with Crippen molar-refractivity contribution in [3.63, 3.8) is 0 Å². The molecule has 1 amide bonds. The number of carbonyl (C=O) groups is 2. The normalized spacial score (nSPS) is 16.8. The predicted molar refractivity (Wildman–Crippen MR) is 122 cm³/mol. The van der Waals surface area contributed by atoms with Crippen molar-refractivity contribution in [2.45, 2.75) is 102 Å². The fourth-order valence-corrected chi connectivity index (χ4v) is 4.74. The molecule has 0 rings (SSSR count). The zero-order valence-corrected chi connectivity index (χ0v) is 21.4. The number of primary amides is 1. The van der Waals surface area contributed by atoms with E-state index in [1.807, 2.05) is 0 Å². The Kier molecular flexibility index (Phi) is 9.47. The topological polar surface area (TPSA) is 69.4 Å². The molecule has 0 fully saturated rings. The number of amides is 1. The molecule has 0 aliphatic heterocycles. The highest BCUT2D eigenvalue weighted by molar-refractivity contribution is 5.78. The van der Waals surface area contributed by atoms with Crippen molar-refractivity contribution in [1.82, 2.24) is 0 Å². The second-order valence-electron chi connectivity index (χ2n) is 11.3. The molecule has 3 atom stereocenters. The monoisotopic (exact) mass is 411 g/mol. The molecule has 0 spiro atoms. The van der Waals surface area contributed by atoms with Crippen LogP contribution in [0.2, 0.25) is 0 Å². The lowest BCUT2D eigenvalue weighted by atomic mass is 9.50. The first kappa shape index (κ1) is 27.9. The van der Waals surface area contributed by atoms with Crippen LogP contribution in [0.25, 0.3) is 0 Å². The molecule has 0 bridgehead atoms. The van der Waals surface area contributed by atoms with Crippen LogP contribution in [0.3, 0.4) is 0 Å². The lowest BCUT2D eigenvalue weighted by molar-refractivity contribution is -0.160. The van der Waals surface area contributed by atoms with E-state index in [9.17, 15) is 9.59 Å². The predicted octanol–water partition coefficient (Wildman–Crippen LogP) is 6.22. The zero-order valence-electron chi connectivity index (χ0n) is 21.4. The van der Waals surface area contributed by atoms with Gasteiger partial charge in [-0.2, -0.15) is 0 Å². The van der Waals surface area contributed by atoms with Crippen LogP contribution in [0.1, 0.15) is 102 Å². The molecule has 0 aliphatic rings. The second-order valence-corrected chi connectivity index (χ2v) is 11.3. The van der Waals surface area contributed by atoms with Gasteiger partial charge < -0.3 is 10.5 Å². The quantitative estimate of drug-likeness (QED) is 0.388. The van der Waals surface area contributed by atoms with Gasteiger partial charge in [0.25, 0.3) is 0 Å². The summed E-state index contributed by atoms with van der Waals surface area (Å²) in [6.45, 7) is 23.8. The number of rotatable bonds is 12. The summed E-state index contributed by atoms with van der Waals surface area (Å²) in [5, 5.41) is 0. The Morgan fingerprint density at radius 2 is 1.31 bits per heavy atom. The fraction of sp³-hybridized carbons (Fsp3) is 0.920. The Hall–Kier alpha value is -1.06. The first-order valence-corrected chi connectivity index (χ1v) is 11.4. The van der Waals surface area contributed by atoms with E-state index in [0.29, 0.717) is 0 Å². The highest BCUT2D eigenvalue weighted by Gasteiger charge is 2.54. The van der Waals surface area contributed by atoms with Crippen molar-refractivity contribution in [2.75, 3.05) is 7.11 Å². The minimum absolute atomic E-state index is 0.0104. The Balaban J connectivity index is 6.30. The largest absolute Gasteiger partial charge is 0.469 e. The molecule has 4 nitrogen and oxygen atoms in total. The molecule has 0 saturated heterocycles. The first-order valence-electron chi connectivity index (χ1n) is 11.4. The standard InChI is InChI=1S/C25H49NO3/c1-13-22(5,6)19(21(28)29-12)17(4)23(7,8)24(9,10)18(20(26)27)16-25(11,14-2)15-3/h17-19H,13-16H2,1-12H3,(H2,26,27). The van der Waals surface area contributed by atoms with Gasteiger partial charge >= 0.3 is 5.97 Å². The summed E-state index contributed by atoms with van der Waals surface area (Å²) in [5.41, 5.74) is 5.14. The Morgan fingerprint density at radius 3 is 1.62 bits per heavy atom. The third kappa shape index (κ3) is 5.76. The van der Waals surface area contributed by atoms with Crippen molar-refractivity contribution in [1.29, 1.82) is 0 Å². The number of nitrogens with two attached hydrogens (primary N) is 1. The molecule has 4 heteroatoms. The lowest BCUT2D eigenvalue weighted by Crippen LogP contribution is -2.53. The number of ether oxygens (including phenoxy) is 1. The fourth-order valence-electron chi connectivity index (χ4n) is 4.74. The summed E-state index contributed by atoms with van der Waals surface area (Å²) in [7, 11) is 1.46. The van der Waals surface area contributed by atoms with Crippen LogP contribution >= 0.6 is 0 Å². The molecule has 0 aromatic carbocycles. The summed E-state index contributed by atoms with van der Waals surface area (Å²) < 4.78 is 5.22. The van der Waals surface area contributed by atoms with Crippen molar-refractivity contribution in [3.05, 3.63) is 0 Å². The molecule has 0 aromatic heterocycles. The SMILES string of the molecule is CCC(C)(CC)CC(C(N)=O)C(C)(C)C(C)(C)C(C)C(C(=O)OC)C(C)(C)CC. The molecule has 172 valence electrons. The van der Waals surface area contributed by atoms with E-state index in [2.05, 4.69) is 76.2 Å². The van der Waals surface area contributed by atoms with Crippen LogP contribution in [0.5, 0.6) is 0 Å². The molecule has 0 radical (unpaired) electrons. The number of carbonyl (C=O) groups excluding carboxylic acids is 2. The molecule has 0 aromatic rings. The summed E-state index contributed by atoms with van der Waals surface area (Å²) in [5.74, 6) is -0.934. The van der Waals surface area contributed by atoms with E-state index < -0.39 is 0 Å². The maximum Gasteiger partial charge on any atom is 0.309 e. The Morgan fingerprint density at radius 1 is 0.862 bits per heavy atom. The Labute approximate surface area is 180 Å². The average molecular weight is 412 g/mol. The van der Waals surface area contributed by atoms with Gasteiger partial charge in [-0.15, -0.1) is 0 Å². The maximum absolute atomic E-state index is 12.8. The molecule has 29 heavy (non-hydrogen) atoms. The van der Waals surface area contributed by atoms with Crippen molar-refractivity contribution >= 4 is 11.9 Å². The van der Waals surface area contributed by atoms with Crippen molar-refractivity contribution in [3.8, 4) is 0 Å². The van der Waals surface area contributed by atoms with Gasteiger partial charge in [0.15, 0.2) is 0 Å². The number of hydrogen-bond acceptors (Lipinski definition) is 3. The summed E-state index contributed by atoms with van der Waals surface area (Å²) in [4.78, 5) is 25.5. The van der Waals surface area contributed by atoms with E-state index in [4.69, 9.17) is 10.5 Å². The number of esters is 1. The van der Waals surface area contributed by atoms with Gasteiger partial charge in [0.1, 0.15) is 0 Å². The minimum atomic E-state index is -0.389. The highest BCUT2D eigenvalue weighted by Crippen LogP contribution is 2.56. The van der Waals surface area contributed by atoms with E-state index in [-0.39, 0.29) is 51.3 Å². The summed E-state index contributed by atoms with van der Waals surface area (Å²) in [6, 6.07) is 0. The van der Waals surface area contributed by atoms with E-state index in [1.54, 1.807) is 0 Å². The van der Waals surface area contributed by atoms with Gasteiger partial charge in [-0.1, -0.05) is 95.4 Å². The Bertz CT molecular complexity index is 558. The highest BCUT2D eigenvalue weighted by atomic mass is 16.5. The molecular weight excluding hydrogens is 362 g/mol. The smallest absolute Gasteiger partial charge is 0.309 e. The molecule has 0 saturated carbocycles. The van der Waals surface area contributed by atoms with Crippen LogP contribution in [0, 0.1) is 39.4 Å². The van der Waals surface area contributed by atoms with E-state index >= 15 is 0 Å². The van der Waals surface area contributed by atoms with E-state index in [1.165, 1.54) is 7.11 Å². The average Bonchev–Trinajstić information content (AvgIpc) is 2.64. The first-order chi connectivity index (χ1) is 13.0. The minimum Gasteiger partial charge on any atom is -0.469 e. The number of hydrogen-bond donors (Lipinski definition) is 1. The van der Waals surface area contributed by atoms with Crippen LogP contribution < -0.4 is 5.73 Å². The van der Waals surface area contributed by atoms with Gasteiger partial charge in [0.05, 0.1) is 13.0 Å². The third-order valence-corrected chi connectivity index (χ3v) is 9.13. The van der Waals surface area contributed by atoms with Crippen molar-refractivity contribution in [2.24, 2.45) is 45.1 Å². The zero-order chi connectivity index (χ0) is 23.4. The van der Waals surface area contributed by atoms with Crippen LogP contribution in [-0.4, -0.2) is 19.0 Å². The third-order valence-electron chi connectivity index (χ3n) is 9.13. The van der Waals surface area contributed by atoms with Crippen LogP contribution in [0.15, 0.2) is 0 Å².